The van der Waals surface area contributed by atoms with Gasteiger partial charge < -0.3 is 10.1 Å². The lowest BCUT2D eigenvalue weighted by Gasteiger charge is -1.92. The Morgan fingerprint density at radius 3 is 1.55 bits per heavy atom. The lowest BCUT2D eigenvalue weighted by atomic mass is 10.1. The Labute approximate surface area is 129 Å². The van der Waals surface area contributed by atoms with Gasteiger partial charge in [-0.3, -0.25) is 0 Å². The highest BCUT2D eigenvalue weighted by Crippen LogP contribution is 2.29. The monoisotopic (exact) mass is 311 g/mol. The summed E-state index contributed by atoms with van der Waals surface area (Å²) in [5.41, 5.74) is 2.16. The van der Waals surface area contributed by atoms with E-state index in [2.05, 4.69) is 18.8 Å². The molecule has 108 valence electrons. The summed E-state index contributed by atoms with van der Waals surface area (Å²) < 4.78 is 0. The van der Waals surface area contributed by atoms with Gasteiger partial charge >= 0.3 is 0 Å². The van der Waals surface area contributed by atoms with Gasteiger partial charge in [-0.1, -0.05) is 43.5 Å². The normalized spacial score (nSPS) is 9.70. The van der Waals surface area contributed by atoms with E-state index in [9.17, 15) is 0 Å². The van der Waals surface area contributed by atoms with Gasteiger partial charge in [0.1, 0.15) is 0 Å². The molecule has 4 heteroatoms. The standard InChI is InChI=1S/C12H7Cl2N.C3H8.CH4O/c13-7-1-3-11-9(5-7)10-6-8(14)2-4-12(10)15-11;1-3-2;1-2/h1-6,15H;3H2,1-2H3;2H,1H3. The van der Waals surface area contributed by atoms with E-state index < -0.39 is 0 Å². The highest BCUT2D eigenvalue weighted by atomic mass is 35.5. The fraction of sp³-hybridized carbons (Fsp3) is 0.250. The molecular formula is C16H19Cl2NO. The van der Waals surface area contributed by atoms with E-state index in [-0.39, 0.29) is 0 Å². The quantitative estimate of drug-likeness (QED) is 0.552. The molecule has 0 atom stereocenters. The van der Waals surface area contributed by atoms with Crippen molar-refractivity contribution in [2.24, 2.45) is 0 Å². The molecule has 0 aliphatic rings. The number of halogens is 2. The third-order valence-corrected chi connectivity index (χ3v) is 2.99. The number of aliphatic hydroxyl groups is 1. The summed E-state index contributed by atoms with van der Waals surface area (Å²) in [6, 6.07) is 11.6. The van der Waals surface area contributed by atoms with Crippen LogP contribution in [0.3, 0.4) is 0 Å². The molecule has 2 nitrogen and oxygen atoms in total. The SMILES string of the molecule is CCC.CO.Clc1ccc2[nH]c3ccc(Cl)cc3c2c1. The van der Waals surface area contributed by atoms with E-state index in [0.29, 0.717) is 0 Å². The van der Waals surface area contributed by atoms with Crippen LogP contribution < -0.4 is 0 Å². The second-order valence-electron chi connectivity index (χ2n) is 4.21. The molecule has 3 aromatic rings. The van der Waals surface area contributed by atoms with Crippen LogP contribution in [0.2, 0.25) is 10.0 Å². The molecule has 0 radical (unpaired) electrons. The van der Waals surface area contributed by atoms with Crippen LogP contribution >= 0.6 is 23.2 Å². The van der Waals surface area contributed by atoms with Gasteiger partial charge in [0, 0.05) is 39.0 Å². The molecule has 0 aliphatic heterocycles. The van der Waals surface area contributed by atoms with Crippen molar-refractivity contribution in [2.75, 3.05) is 7.11 Å². The maximum atomic E-state index is 7.00. The van der Waals surface area contributed by atoms with Crippen molar-refractivity contribution in [3.05, 3.63) is 46.4 Å². The van der Waals surface area contributed by atoms with Crippen molar-refractivity contribution >= 4 is 45.0 Å². The second kappa shape index (κ2) is 8.15. The number of aromatic nitrogens is 1. The Hall–Kier alpha value is -1.22. The fourth-order valence-corrected chi connectivity index (χ4v) is 2.19. The van der Waals surface area contributed by atoms with Crippen molar-refractivity contribution < 1.29 is 5.11 Å². The number of hydrogen-bond donors (Lipinski definition) is 2. The van der Waals surface area contributed by atoms with Crippen molar-refractivity contribution in [1.82, 2.24) is 4.98 Å². The highest BCUT2D eigenvalue weighted by Gasteiger charge is 2.04. The smallest absolute Gasteiger partial charge is 0.0465 e. The first-order chi connectivity index (χ1) is 9.65. The summed E-state index contributed by atoms with van der Waals surface area (Å²) in [5, 5.41) is 10.7. The zero-order valence-electron chi connectivity index (χ0n) is 11.9. The number of rotatable bonds is 0. The van der Waals surface area contributed by atoms with Crippen LogP contribution in [0.1, 0.15) is 20.3 Å². The zero-order valence-corrected chi connectivity index (χ0v) is 13.4. The minimum absolute atomic E-state index is 0.739. The Kier molecular flexibility index (Phi) is 6.86. The molecular weight excluding hydrogens is 293 g/mol. The van der Waals surface area contributed by atoms with Crippen LogP contribution in [0.5, 0.6) is 0 Å². The van der Waals surface area contributed by atoms with Crippen molar-refractivity contribution in [3.63, 3.8) is 0 Å². The van der Waals surface area contributed by atoms with Gasteiger partial charge in [-0.25, -0.2) is 0 Å². The van der Waals surface area contributed by atoms with E-state index in [1.807, 2.05) is 36.4 Å². The molecule has 0 bridgehead atoms. The zero-order chi connectivity index (χ0) is 15.1. The molecule has 2 N–H and O–H groups in total. The summed E-state index contributed by atoms with van der Waals surface area (Å²) >= 11 is 11.9. The van der Waals surface area contributed by atoms with Crippen LogP contribution in [0.15, 0.2) is 36.4 Å². The molecule has 0 unspecified atom stereocenters. The third-order valence-electron chi connectivity index (χ3n) is 2.52. The maximum absolute atomic E-state index is 7.00. The first kappa shape index (κ1) is 16.8. The van der Waals surface area contributed by atoms with Gasteiger partial charge in [0.25, 0.3) is 0 Å². The first-order valence-electron chi connectivity index (χ1n) is 6.47. The Morgan fingerprint density at radius 2 is 1.20 bits per heavy atom. The summed E-state index contributed by atoms with van der Waals surface area (Å²) in [6.45, 7) is 4.25. The molecule has 2 aromatic carbocycles. The Bertz CT molecular complexity index is 620. The van der Waals surface area contributed by atoms with Crippen molar-refractivity contribution in [1.29, 1.82) is 0 Å². The number of fused-ring (bicyclic) bond motifs is 3. The molecule has 1 aromatic heterocycles. The van der Waals surface area contributed by atoms with E-state index >= 15 is 0 Å². The van der Waals surface area contributed by atoms with E-state index in [0.717, 1.165) is 39.0 Å². The summed E-state index contributed by atoms with van der Waals surface area (Å²) in [4.78, 5) is 3.32. The number of nitrogens with one attached hydrogen (secondary N) is 1. The average molecular weight is 312 g/mol. The topological polar surface area (TPSA) is 36.0 Å². The van der Waals surface area contributed by atoms with Gasteiger partial charge in [-0.05, 0) is 36.4 Å². The lowest BCUT2D eigenvalue weighted by molar-refractivity contribution is 0.399. The van der Waals surface area contributed by atoms with Gasteiger partial charge in [-0.15, -0.1) is 0 Å². The molecule has 0 spiro atoms. The molecule has 3 rings (SSSR count). The van der Waals surface area contributed by atoms with Crippen LogP contribution in [-0.2, 0) is 0 Å². The molecule has 0 amide bonds. The summed E-state index contributed by atoms with van der Waals surface area (Å²) in [5.74, 6) is 0. The molecule has 0 saturated carbocycles. The highest BCUT2D eigenvalue weighted by molar-refractivity contribution is 6.33. The van der Waals surface area contributed by atoms with E-state index in [1.54, 1.807) is 0 Å². The van der Waals surface area contributed by atoms with Gasteiger partial charge in [0.15, 0.2) is 0 Å². The van der Waals surface area contributed by atoms with Gasteiger partial charge in [0.2, 0.25) is 0 Å². The largest absolute Gasteiger partial charge is 0.400 e. The third kappa shape index (κ3) is 3.89. The lowest BCUT2D eigenvalue weighted by Crippen LogP contribution is -1.67. The first-order valence-corrected chi connectivity index (χ1v) is 7.22. The van der Waals surface area contributed by atoms with Crippen LogP contribution in [0, 0.1) is 0 Å². The van der Waals surface area contributed by atoms with Crippen LogP contribution in [0.25, 0.3) is 21.8 Å². The minimum atomic E-state index is 0.739. The maximum Gasteiger partial charge on any atom is 0.0465 e. The fourth-order valence-electron chi connectivity index (χ4n) is 1.84. The van der Waals surface area contributed by atoms with E-state index in [1.165, 1.54) is 6.42 Å². The molecule has 0 aliphatic carbocycles. The summed E-state index contributed by atoms with van der Waals surface area (Å²) in [6.07, 6.45) is 1.25. The van der Waals surface area contributed by atoms with Crippen LogP contribution in [0.4, 0.5) is 0 Å². The van der Waals surface area contributed by atoms with Gasteiger partial charge in [-0.2, -0.15) is 0 Å². The minimum Gasteiger partial charge on any atom is -0.400 e. The van der Waals surface area contributed by atoms with Crippen LogP contribution in [-0.4, -0.2) is 17.2 Å². The number of H-pyrrole nitrogens is 1. The molecule has 20 heavy (non-hydrogen) atoms. The number of aliphatic hydroxyl groups excluding tert-OH is 1. The average Bonchev–Trinajstić information content (AvgIpc) is 2.79. The van der Waals surface area contributed by atoms with E-state index in [4.69, 9.17) is 28.3 Å². The number of aromatic amines is 1. The van der Waals surface area contributed by atoms with Gasteiger partial charge in [0.05, 0.1) is 0 Å². The number of hydrogen-bond acceptors (Lipinski definition) is 1. The Balaban J connectivity index is 0.000000357. The molecule has 0 saturated heterocycles. The molecule has 1 heterocycles. The summed E-state index contributed by atoms with van der Waals surface area (Å²) in [7, 11) is 1.00. The number of benzene rings is 2. The second-order valence-corrected chi connectivity index (χ2v) is 5.08. The Morgan fingerprint density at radius 1 is 0.850 bits per heavy atom. The van der Waals surface area contributed by atoms with Crippen molar-refractivity contribution in [2.45, 2.75) is 20.3 Å². The predicted molar refractivity (Wildman–Crippen MR) is 89.9 cm³/mol. The predicted octanol–water partition coefficient (Wildman–Crippen LogP) is 5.65. The molecule has 0 fully saturated rings. The van der Waals surface area contributed by atoms with Crippen molar-refractivity contribution in [3.8, 4) is 0 Å².